The molecule has 0 radical (unpaired) electrons. The van der Waals surface area contributed by atoms with E-state index in [9.17, 15) is 14.7 Å². The Morgan fingerprint density at radius 3 is 2.41 bits per heavy atom. The number of carbonyl (C=O) groups excluding carboxylic acids is 2. The van der Waals surface area contributed by atoms with Gasteiger partial charge in [-0.05, 0) is 61.6 Å². The second kappa shape index (κ2) is 9.25. The Kier molecular flexibility index (Phi) is 6.42. The molecule has 0 unspecified atom stereocenters. The topological polar surface area (TPSA) is 84.9 Å². The van der Waals surface area contributed by atoms with Crippen LogP contribution in [0.4, 0.5) is 0 Å². The molecule has 0 saturated heterocycles. The van der Waals surface area contributed by atoms with Crippen LogP contribution in [0.15, 0.2) is 47.7 Å². The number of rotatable bonds is 6. The molecule has 0 bridgehead atoms. The molecular formula is C25H26ClNO5. The summed E-state index contributed by atoms with van der Waals surface area (Å²) in [5, 5.41) is 13.2. The molecule has 1 amide bonds. The van der Waals surface area contributed by atoms with Crippen molar-refractivity contribution in [3.8, 4) is 17.2 Å². The number of carbonyl (C=O) groups is 2. The number of benzene rings is 2. The average Bonchev–Trinajstić information content (AvgIpc) is 2.76. The van der Waals surface area contributed by atoms with Crippen LogP contribution in [0.3, 0.4) is 0 Å². The lowest BCUT2D eigenvalue weighted by Gasteiger charge is -2.34. The van der Waals surface area contributed by atoms with Gasteiger partial charge < -0.3 is 19.9 Å². The second-order valence-electron chi connectivity index (χ2n) is 8.01. The number of amides is 1. The van der Waals surface area contributed by atoms with Gasteiger partial charge in [-0.25, -0.2) is 0 Å². The van der Waals surface area contributed by atoms with Crippen molar-refractivity contribution in [2.45, 2.75) is 44.9 Å². The molecule has 1 aliphatic heterocycles. The number of hydrogen-bond donors (Lipinski definition) is 2. The van der Waals surface area contributed by atoms with Gasteiger partial charge in [-0.15, -0.1) is 0 Å². The molecule has 32 heavy (non-hydrogen) atoms. The lowest BCUT2D eigenvalue weighted by Crippen LogP contribution is -2.38. The quantitative estimate of drug-likeness (QED) is 0.650. The minimum Gasteiger partial charge on any atom is -0.503 e. The molecule has 4 rings (SSSR count). The minimum atomic E-state index is -0.426. The zero-order valence-electron chi connectivity index (χ0n) is 18.1. The summed E-state index contributed by atoms with van der Waals surface area (Å²) in [6.07, 6.45) is 1.08. The summed E-state index contributed by atoms with van der Waals surface area (Å²) >= 11 is 6.22. The van der Waals surface area contributed by atoms with Crippen LogP contribution < -0.4 is 14.8 Å². The smallest absolute Gasteiger partial charge is 0.225 e. The van der Waals surface area contributed by atoms with Gasteiger partial charge in [-0.3, -0.25) is 9.59 Å². The van der Waals surface area contributed by atoms with Crippen molar-refractivity contribution in [2.24, 2.45) is 0 Å². The van der Waals surface area contributed by atoms with Crippen molar-refractivity contribution in [3.05, 3.63) is 63.8 Å². The summed E-state index contributed by atoms with van der Waals surface area (Å²) in [5.74, 6) is 0.325. The third kappa shape index (κ3) is 4.32. The predicted octanol–water partition coefficient (Wildman–Crippen LogP) is 4.85. The molecule has 2 atom stereocenters. The Morgan fingerprint density at radius 1 is 1.00 bits per heavy atom. The van der Waals surface area contributed by atoms with Gasteiger partial charge in [0.15, 0.2) is 17.3 Å². The maximum absolute atomic E-state index is 13.3. The highest BCUT2D eigenvalue weighted by Gasteiger charge is 2.38. The molecule has 2 N–H and O–H groups in total. The van der Waals surface area contributed by atoms with Crippen LogP contribution in [0.1, 0.15) is 56.1 Å². The fraction of sp³-hybridized carbons (Fsp3) is 0.360. The molecule has 0 saturated carbocycles. The van der Waals surface area contributed by atoms with E-state index in [1.54, 1.807) is 19.1 Å². The summed E-state index contributed by atoms with van der Waals surface area (Å²) in [5.41, 5.74) is 3.02. The lowest BCUT2D eigenvalue weighted by atomic mass is 9.73. The summed E-state index contributed by atoms with van der Waals surface area (Å²) in [4.78, 5) is 25.8. The first-order valence-corrected chi connectivity index (χ1v) is 11.2. The number of ketones is 1. The van der Waals surface area contributed by atoms with Crippen molar-refractivity contribution in [3.63, 3.8) is 0 Å². The Morgan fingerprint density at radius 2 is 1.72 bits per heavy atom. The van der Waals surface area contributed by atoms with Crippen LogP contribution in [0, 0.1) is 0 Å². The van der Waals surface area contributed by atoms with E-state index in [1.807, 2.05) is 31.2 Å². The fourth-order valence-electron chi connectivity index (χ4n) is 4.54. The van der Waals surface area contributed by atoms with E-state index in [0.717, 1.165) is 11.3 Å². The second-order valence-corrected chi connectivity index (χ2v) is 8.42. The van der Waals surface area contributed by atoms with Crippen molar-refractivity contribution in [2.75, 3.05) is 13.2 Å². The molecule has 168 valence electrons. The predicted molar refractivity (Wildman–Crippen MR) is 121 cm³/mol. The van der Waals surface area contributed by atoms with Crippen molar-refractivity contribution in [1.82, 2.24) is 5.32 Å². The van der Waals surface area contributed by atoms with Crippen LogP contribution in [0.25, 0.3) is 0 Å². The van der Waals surface area contributed by atoms with Crippen LogP contribution in [-0.2, 0) is 9.59 Å². The van der Waals surface area contributed by atoms with Gasteiger partial charge in [0.05, 0.1) is 18.2 Å². The number of hydrogen-bond acceptors (Lipinski definition) is 5. The normalized spacial score (nSPS) is 20.6. The molecule has 1 heterocycles. The third-order valence-electron chi connectivity index (χ3n) is 5.95. The maximum Gasteiger partial charge on any atom is 0.225 e. The van der Waals surface area contributed by atoms with Crippen molar-refractivity contribution >= 4 is 23.3 Å². The van der Waals surface area contributed by atoms with E-state index >= 15 is 0 Å². The minimum absolute atomic E-state index is 0.0114. The molecule has 6 nitrogen and oxygen atoms in total. The SMILES string of the molecule is CCOc1ccc([C@H]2CC(=O)C3=C(C2)NC(=O)C[C@@H]3c2cc(Cl)c(O)c(OCC)c2)cc1. The highest BCUT2D eigenvalue weighted by Crippen LogP contribution is 2.45. The molecule has 0 fully saturated rings. The van der Waals surface area contributed by atoms with Crippen LogP contribution >= 0.6 is 11.6 Å². The zero-order chi connectivity index (χ0) is 22.8. The molecule has 1 aliphatic carbocycles. The molecular weight excluding hydrogens is 430 g/mol. The van der Waals surface area contributed by atoms with Gasteiger partial charge in [0.1, 0.15) is 5.75 Å². The van der Waals surface area contributed by atoms with Gasteiger partial charge in [-0.1, -0.05) is 23.7 Å². The van der Waals surface area contributed by atoms with Crippen LogP contribution in [0.2, 0.25) is 5.02 Å². The van der Waals surface area contributed by atoms with Crippen molar-refractivity contribution < 1.29 is 24.2 Å². The summed E-state index contributed by atoms with van der Waals surface area (Å²) < 4.78 is 11.0. The molecule has 7 heteroatoms. The van der Waals surface area contributed by atoms with Crippen molar-refractivity contribution in [1.29, 1.82) is 0 Å². The summed E-state index contributed by atoms with van der Waals surface area (Å²) in [6.45, 7) is 4.69. The molecule has 0 spiro atoms. The van der Waals surface area contributed by atoms with E-state index in [1.165, 1.54) is 0 Å². The molecule has 0 aromatic heterocycles. The Balaban J connectivity index is 1.67. The van der Waals surface area contributed by atoms with Gasteiger partial charge in [-0.2, -0.15) is 0 Å². The van der Waals surface area contributed by atoms with Crippen LogP contribution in [-0.4, -0.2) is 30.0 Å². The number of halogens is 1. The van der Waals surface area contributed by atoms with Gasteiger partial charge in [0.2, 0.25) is 5.91 Å². The summed E-state index contributed by atoms with van der Waals surface area (Å²) in [6, 6.07) is 11.0. The Bertz CT molecular complexity index is 1080. The lowest BCUT2D eigenvalue weighted by molar-refractivity contribution is -0.122. The molecule has 2 aromatic carbocycles. The fourth-order valence-corrected chi connectivity index (χ4v) is 4.76. The molecule has 2 aliphatic rings. The molecule has 2 aromatic rings. The Hall–Kier alpha value is -2.99. The van der Waals surface area contributed by atoms with E-state index in [2.05, 4.69) is 5.32 Å². The largest absolute Gasteiger partial charge is 0.503 e. The average molecular weight is 456 g/mol. The third-order valence-corrected chi connectivity index (χ3v) is 6.24. The highest BCUT2D eigenvalue weighted by molar-refractivity contribution is 6.32. The first-order chi connectivity index (χ1) is 15.4. The summed E-state index contributed by atoms with van der Waals surface area (Å²) in [7, 11) is 0. The van der Waals surface area contributed by atoms with E-state index in [0.29, 0.717) is 42.9 Å². The Labute approximate surface area is 192 Å². The first-order valence-electron chi connectivity index (χ1n) is 10.8. The van der Waals surface area contributed by atoms with Gasteiger partial charge in [0.25, 0.3) is 0 Å². The number of phenolic OH excluding ortho intramolecular Hbond substituents is 1. The number of nitrogens with one attached hydrogen (secondary N) is 1. The zero-order valence-corrected chi connectivity index (χ0v) is 18.9. The number of ether oxygens (including phenoxy) is 2. The standard InChI is InChI=1S/C25H26ClNO5/c1-3-31-17-7-5-14(6-8-17)15-10-20-24(21(28)11-15)18(13-23(29)27-20)16-9-19(26)25(30)22(12-16)32-4-2/h5-9,12,15,18,30H,3-4,10-11,13H2,1-2H3,(H,27,29)/t15-,18-/m1/s1. The van der Waals surface area contributed by atoms with Gasteiger partial charge in [0, 0.05) is 30.0 Å². The van der Waals surface area contributed by atoms with E-state index in [-0.39, 0.29) is 40.6 Å². The monoisotopic (exact) mass is 455 g/mol. The number of Topliss-reactive ketones (excluding diaryl/α,β-unsaturated/α-hetero) is 1. The van der Waals surface area contributed by atoms with Gasteiger partial charge >= 0.3 is 0 Å². The number of aromatic hydroxyl groups is 1. The van der Waals surface area contributed by atoms with Crippen LogP contribution in [0.5, 0.6) is 17.2 Å². The number of phenols is 1. The van der Waals surface area contributed by atoms with E-state index < -0.39 is 5.92 Å². The first kappa shape index (κ1) is 22.2. The number of allylic oxidation sites excluding steroid dienone is 2. The van der Waals surface area contributed by atoms with E-state index in [4.69, 9.17) is 21.1 Å². The highest BCUT2D eigenvalue weighted by atomic mass is 35.5. The maximum atomic E-state index is 13.3.